The van der Waals surface area contributed by atoms with E-state index in [4.69, 9.17) is 8.83 Å². The fraction of sp³-hybridized carbons (Fsp3) is 0.200. The van der Waals surface area contributed by atoms with E-state index >= 15 is 0 Å². The highest BCUT2D eigenvalue weighted by molar-refractivity contribution is 6.05. The van der Waals surface area contributed by atoms with Crippen molar-refractivity contribution < 1.29 is 13.6 Å². The van der Waals surface area contributed by atoms with Gasteiger partial charge >= 0.3 is 0 Å². The van der Waals surface area contributed by atoms with Crippen LogP contribution >= 0.6 is 0 Å². The van der Waals surface area contributed by atoms with Gasteiger partial charge in [-0.3, -0.25) is 9.59 Å². The Morgan fingerprint density at radius 1 is 1.18 bits per heavy atom. The molecule has 4 rings (SSSR count). The smallest absolute Gasteiger partial charge is 0.283 e. The lowest BCUT2D eigenvalue weighted by Crippen LogP contribution is -2.32. The fourth-order valence-corrected chi connectivity index (χ4v) is 3.05. The van der Waals surface area contributed by atoms with Gasteiger partial charge in [-0.05, 0) is 24.6 Å². The summed E-state index contributed by atoms with van der Waals surface area (Å²) in [7, 11) is 0. The predicted octanol–water partition coefficient (Wildman–Crippen LogP) is 3.22. The van der Waals surface area contributed by atoms with Crippen molar-refractivity contribution in [2.45, 2.75) is 19.9 Å². The lowest BCUT2D eigenvalue weighted by atomic mass is 10.1. The first kappa shape index (κ1) is 17.7. The summed E-state index contributed by atoms with van der Waals surface area (Å²) < 4.78 is 10.9. The fourth-order valence-electron chi connectivity index (χ4n) is 3.05. The molecule has 3 heterocycles. The number of carbonyl (C=O) groups is 1. The summed E-state index contributed by atoms with van der Waals surface area (Å²) in [6.07, 6.45) is 2.26. The van der Waals surface area contributed by atoms with Gasteiger partial charge in [0.25, 0.3) is 11.8 Å². The molecule has 0 saturated heterocycles. The van der Waals surface area contributed by atoms with E-state index in [1.807, 2.05) is 25.1 Å². The number of amides is 1. The third-order valence-electron chi connectivity index (χ3n) is 4.29. The van der Waals surface area contributed by atoms with E-state index in [1.165, 1.54) is 12.3 Å². The lowest BCUT2D eigenvalue weighted by molar-refractivity contribution is 0.0730. The molecular weight excluding hydrogens is 360 g/mol. The van der Waals surface area contributed by atoms with Crippen LogP contribution in [-0.2, 0) is 6.54 Å². The second kappa shape index (κ2) is 7.51. The van der Waals surface area contributed by atoms with E-state index in [0.29, 0.717) is 34.7 Å². The van der Waals surface area contributed by atoms with Crippen LogP contribution in [0, 0.1) is 0 Å². The van der Waals surface area contributed by atoms with Crippen molar-refractivity contribution in [1.82, 2.24) is 20.1 Å². The van der Waals surface area contributed by atoms with Crippen LogP contribution in [0.2, 0.25) is 0 Å². The first-order valence-corrected chi connectivity index (χ1v) is 8.93. The molecule has 0 aliphatic rings. The number of aromatic amines is 1. The maximum Gasteiger partial charge on any atom is 0.283 e. The number of para-hydroxylation sites is 1. The number of H-pyrrole nitrogens is 1. The average molecular weight is 378 g/mol. The SMILES string of the molecule is CCCN(Cc1nnc(-c2ccco2)o1)C(=O)c1cc(=O)[nH]c2ccccc12. The summed E-state index contributed by atoms with van der Waals surface area (Å²) in [4.78, 5) is 29.6. The normalized spacial score (nSPS) is 11.0. The Morgan fingerprint density at radius 3 is 2.82 bits per heavy atom. The Bertz CT molecular complexity index is 1160. The Kier molecular flexibility index (Phi) is 4.76. The van der Waals surface area contributed by atoms with Gasteiger partial charge in [-0.2, -0.15) is 0 Å². The van der Waals surface area contributed by atoms with Gasteiger partial charge in [-0.1, -0.05) is 25.1 Å². The molecule has 0 saturated carbocycles. The molecule has 8 nitrogen and oxygen atoms in total. The van der Waals surface area contributed by atoms with E-state index < -0.39 is 0 Å². The second-order valence-electron chi connectivity index (χ2n) is 6.30. The average Bonchev–Trinajstić information content (AvgIpc) is 3.38. The zero-order valence-electron chi connectivity index (χ0n) is 15.2. The number of carbonyl (C=O) groups excluding carboxylic acids is 1. The topological polar surface area (TPSA) is 105 Å². The highest BCUT2D eigenvalue weighted by atomic mass is 16.4. The Morgan fingerprint density at radius 2 is 2.04 bits per heavy atom. The monoisotopic (exact) mass is 378 g/mol. The minimum Gasteiger partial charge on any atom is -0.459 e. The number of fused-ring (bicyclic) bond motifs is 1. The molecule has 142 valence electrons. The van der Waals surface area contributed by atoms with Gasteiger partial charge in [0, 0.05) is 23.5 Å². The Balaban J connectivity index is 1.65. The third kappa shape index (κ3) is 3.44. The molecule has 0 bridgehead atoms. The van der Waals surface area contributed by atoms with Gasteiger partial charge in [0.05, 0.1) is 18.4 Å². The van der Waals surface area contributed by atoms with Crippen LogP contribution in [0.25, 0.3) is 22.6 Å². The molecule has 8 heteroatoms. The highest BCUT2D eigenvalue weighted by Crippen LogP contribution is 2.21. The van der Waals surface area contributed by atoms with E-state index in [-0.39, 0.29) is 23.9 Å². The number of aromatic nitrogens is 3. The number of pyridine rings is 1. The van der Waals surface area contributed by atoms with Crippen molar-refractivity contribution in [1.29, 1.82) is 0 Å². The maximum atomic E-state index is 13.2. The molecule has 0 spiro atoms. The summed E-state index contributed by atoms with van der Waals surface area (Å²) in [5.41, 5.74) is 0.641. The van der Waals surface area contributed by atoms with Crippen molar-refractivity contribution in [2.75, 3.05) is 6.54 Å². The first-order valence-electron chi connectivity index (χ1n) is 8.93. The van der Waals surface area contributed by atoms with E-state index in [9.17, 15) is 9.59 Å². The number of nitrogens with zero attached hydrogens (tertiary/aromatic N) is 3. The zero-order valence-corrected chi connectivity index (χ0v) is 15.2. The molecule has 0 aliphatic carbocycles. The molecule has 0 aliphatic heterocycles. The molecule has 1 aromatic carbocycles. The van der Waals surface area contributed by atoms with E-state index in [2.05, 4.69) is 15.2 Å². The van der Waals surface area contributed by atoms with Crippen LogP contribution in [0.15, 0.2) is 62.4 Å². The van der Waals surface area contributed by atoms with Crippen molar-refractivity contribution in [3.05, 3.63) is 70.5 Å². The van der Waals surface area contributed by atoms with E-state index in [0.717, 1.165) is 6.42 Å². The van der Waals surface area contributed by atoms with Gasteiger partial charge in [0.15, 0.2) is 5.76 Å². The van der Waals surface area contributed by atoms with E-state index in [1.54, 1.807) is 23.1 Å². The summed E-state index contributed by atoms with van der Waals surface area (Å²) in [5.74, 6) is 0.752. The van der Waals surface area contributed by atoms with Gasteiger partial charge < -0.3 is 18.7 Å². The first-order chi connectivity index (χ1) is 13.7. The Labute approximate surface area is 159 Å². The third-order valence-corrected chi connectivity index (χ3v) is 4.29. The predicted molar refractivity (Wildman–Crippen MR) is 102 cm³/mol. The molecule has 28 heavy (non-hydrogen) atoms. The molecule has 0 atom stereocenters. The van der Waals surface area contributed by atoms with Gasteiger partial charge in [-0.15, -0.1) is 10.2 Å². The highest BCUT2D eigenvalue weighted by Gasteiger charge is 2.21. The summed E-state index contributed by atoms with van der Waals surface area (Å²) in [6, 6.07) is 12.0. The number of nitrogens with one attached hydrogen (secondary N) is 1. The molecule has 0 radical (unpaired) electrons. The minimum absolute atomic E-state index is 0.140. The van der Waals surface area contributed by atoms with Crippen molar-refractivity contribution in [2.24, 2.45) is 0 Å². The second-order valence-corrected chi connectivity index (χ2v) is 6.30. The molecule has 3 aromatic heterocycles. The lowest BCUT2D eigenvalue weighted by Gasteiger charge is -2.21. The number of rotatable bonds is 6. The quantitative estimate of drug-likeness (QED) is 0.552. The summed E-state index contributed by atoms with van der Waals surface area (Å²) >= 11 is 0. The van der Waals surface area contributed by atoms with Gasteiger partial charge in [0.2, 0.25) is 11.4 Å². The Hall–Kier alpha value is -3.68. The van der Waals surface area contributed by atoms with Crippen LogP contribution in [-0.4, -0.2) is 32.5 Å². The van der Waals surface area contributed by atoms with Crippen LogP contribution < -0.4 is 5.56 Å². The molecule has 0 fully saturated rings. The van der Waals surface area contributed by atoms with Crippen molar-refractivity contribution in [3.63, 3.8) is 0 Å². The summed E-state index contributed by atoms with van der Waals surface area (Å²) in [6.45, 7) is 2.60. The standard InChI is InChI=1S/C20H18N4O4/c1-2-9-24(12-18-22-23-19(28-18)16-8-5-10-27-16)20(26)14-11-17(25)21-15-7-4-3-6-13(14)15/h3-8,10-11H,2,9,12H2,1H3,(H,21,25). The number of benzene rings is 1. The minimum atomic E-state index is -0.323. The van der Waals surface area contributed by atoms with Gasteiger partial charge in [0.1, 0.15) is 0 Å². The molecule has 1 N–H and O–H groups in total. The number of hydrogen-bond donors (Lipinski definition) is 1. The van der Waals surface area contributed by atoms with Gasteiger partial charge in [-0.25, -0.2) is 0 Å². The van der Waals surface area contributed by atoms with Crippen molar-refractivity contribution >= 4 is 16.8 Å². The molecule has 1 amide bonds. The summed E-state index contributed by atoms with van der Waals surface area (Å²) in [5, 5.41) is 8.67. The van der Waals surface area contributed by atoms with Crippen LogP contribution in [0.5, 0.6) is 0 Å². The largest absolute Gasteiger partial charge is 0.459 e. The zero-order chi connectivity index (χ0) is 19.5. The van der Waals surface area contributed by atoms with Crippen LogP contribution in [0.3, 0.4) is 0 Å². The maximum absolute atomic E-state index is 13.2. The van der Waals surface area contributed by atoms with Crippen LogP contribution in [0.4, 0.5) is 0 Å². The van der Waals surface area contributed by atoms with Crippen LogP contribution in [0.1, 0.15) is 29.6 Å². The molecular formula is C20H18N4O4. The number of hydrogen-bond acceptors (Lipinski definition) is 6. The number of furan rings is 1. The van der Waals surface area contributed by atoms with Crippen molar-refractivity contribution in [3.8, 4) is 11.7 Å². The molecule has 4 aromatic rings. The molecule has 0 unspecified atom stereocenters.